The molecular weight excluding hydrogens is 108 g/mol. The van der Waals surface area contributed by atoms with Crippen LogP contribution in [-0.2, 0) is 0 Å². The summed E-state index contributed by atoms with van der Waals surface area (Å²) >= 11 is 0. The highest BCUT2D eigenvalue weighted by Crippen LogP contribution is 2.04. The molecule has 0 bridgehead atoms. The van der Waals surface area contributed by atoms with E-state index >= 15 is 0 Å². The Bertz CT molecular complexity index is 80.0. The Morgan fingerprint density at radius 2 is 2.22 bits per heavy atom. The average molecular weight is 125 g/mol. The van der Waals surface area contributed by atoms with Gasteiger partial charge in [-0.3, -0.25) is 0 Å². The molecule has 0 aromatic rings. The van der Waals surface area contributed by atoms with Crippen LogP contribution in [-0.4, -0.2) is 0 Å². The molecule has 0 fully saturated rings. The lowest BCUT2D eigenvalue weighted by Crippen LogP contribution is -1.74. The molecule has 0 atom stereocenters. The van der Waals surface area contributed by atoms with Crippen molar-refractivity contribution in [2.24, 2.45) is 0 Å². The highest BCUT2D eigenvalue weighted by molar-refractivity contribution is 4.97. The lowest BCUT2D eigenvalue weighted by molar-refractivity contribution is 0.910. The normalized spacial score (nSPS) is 12.1. The van der Waals surface area contributed by atoms with Gasteiger partial charge in [-0.05, 0) is 26.2 Å². The molecule has 0 saturated heterocycles. The third-order valence-corrected chi connectivity index (χ3v) is 1.35. The standard InChI is InChI=1S/C9H17/c1-4-6-8-9(3)7-5-2/h8H,2,4-7H2,1,3H3. The minimum atomic E-state index is 1.03. The highest BCUT2D eigenvalue weighted by Gasteiger charge is 1.84. The lowest BCUT2D eigenvalue weighted by atomic mass is 10.1. The lowest BCUT2D eigenvalue weighted by Gasteiger charge is -1.94. The summed E-state index contributed by atoms with van der Waals surface area (Å²) in [5.74, 6) is 0. The van der Waals surface area contributed by atoms with Crippen LogP contribution in [0.2, 0.25) is 0 Å². The Hall–Kier alpha value is -0.260. The van der Waals surface area contributed by atoms with E-state index in [1.54, 1.807) is 0 Å². The maximum atomic E-state index is 3.79. The monoisotopic (exact) mass is 125 g/mol. The van der Waals surface area contributed by atoms with Crippen LogP contribution in [0.15, 0.2) is 11.6 Å². The Morgan fingerprint density at radius 3 is 2.67 bits per heavy atom. The van der Waals surface area contributed by atoms with Gasteiger partial charge in [0.05, 0.1) is 0 Å². The molecule has 0 unspecified atom stereocenters. The van der Waals surface area contributed by atoms with Crippen molar-refractivity contribution in [3.63, 3.8) is 0 Å². The van der Waals surface area contributed by atoms with Crippen LogP contribution in [0.4, 0.5) is 0 Å². The van der Waals surface area contributed by atoms with Crippen LogP contribution in [0.1, 0.15) is 39.5 Å². The first-order valence-corrected chi connectivity index (χ1v) is 3.76. The number of hydrogen-bond donors (Lipinski definition) is 0. The van der Waals surface area contributed by atoms with E-state index in [0.717, 1.165) is 6.42 Å². The summed E-state index contributed by atoms with van der Waals surface area (Å²) in [6, 6.07) is 0. The van der Waals surface area contributed by atoms with E-state index in [1.165, 1.54) is 24.8 Å². The number of hydrogen-bond acceptors (Lipinski definition) is 0. The SMILES string of the molecule is [CH2]CCC(C)=CCCC. The van der Waals surface area contributed by atoms with Gasteiger partial charge >= 0.3 is 0 Å². The molecule has 0 rings (SSSR count). The molecule has 0 saturated carbocycles. The van der Waals surface area contributed by atoms with Crippen molar-refractivity contribution in [1.82, 2.24) is 0 Å². The van der Waals surface area contributed by atoms with Gasteiger partial charge in [0.2, 0.25) is 0 Å². The van der Waals surface area contributed by atoms with Crippen LogP contribution >= 0.6 is 0 Å². The first-order chi connectivity index (χ1) is 4.31. The minimum absolute atomic E-state index is 1.03. The van der Waals surface area contributed by atoms with Crippen LogP contribution in [0.25, 0.3) is 0 Å². The van der Waals surface area contributed by atoms with Crippen LogP contribution < -0.4 is 0 Å². The Balaban J connectivity index is 3.30. The van der Waals surface area contributed by atoms with Gasteiger partial charge in [-0.15, -0.1) is 0 Å². The van der Waals surface area contributed by atoms with Crippen molar-refractivity contribution >= 4 is 0 Å². The van der Waals surface area contributed by atoms with E-state index in [2.05, 4.69) is 26.8 Å². The van der Waals surface area contributed by atoms with Crippen molar-refractivity contribution in [3.05, 3.63) is 18.6 Å². The molecule has 9 heavy (non-hydrogen) atoms. The molecule has 0 aliphatic rings. The maximum absolute atomic E-state index is 3.79. The third kappa shape index (κ3) is 5.61. The van der Waals surface area contributed by atoms with Gasteiger partial charge in [0.15, 0.2) is 0 Å². The number of rotatable bonds is 4. The van der Waals surface area contributed by atoms with Gasteiger partial charge in [-0.25, -0.2) is 0 Å². The fourth-order valence-corrected chi connectivity index (χ4v) is 0.772. The molecule has 0 nitrogen and oxygen atoms in total. The smallest absolute Gasteiger partial charge is 0.0323 e. The van der Waals surface area contributed by atoms with Crippen LogP contribution in [0.3, 0.4) is 0 Å². The average Bonchev–Trinajstić information content (AvgIpc) is 1.85. The third-order valence-electron chi connectivity index (χ3n) is 1.35. The van der Waals surface area contributed by atoms with E-state index < -0.39 is 0 Å². The van der Waals surface area contributed by atoms with Gasteiger partial charge in [0.1, 0.15) is 0 Å². The molecule has 0 aromatic carbocycles. The number of unbranched alkanes of at least 4 members (excludes halogenated alkanes) is 1. The molecular formula is C9H17. The van der Waals surface area contributed by atoms with E-state index in [0.29, 0.717) is 0 Å². The Kier molecular flexibility index (Phi) is 5.70. The zero-order valence-corrected chi connectivity index (χ0v) is 6.61. The summed E-state index contributed by atoms with van der Waals surface area (Å²) in [4.78, 5) is 0. The van der Waals surface area contributed by atoms with E-state index in [9.17, 15) is 0 Å². The fraction of sp³-hybridized carbons (Fsp3) is 0.667. The second kappa shape index (κ2) is 5.87. The second-order valence-electron chi connectivity index (χ2n) is 2.44. The largest absolute Gasteiger partial charge is 0.0856 e. The zero-order valence-electron chi connectivity index (χ0n) is 6.61. The van der Waals surface area contributed by atoms with Gasteiger partial charge in [-0.1, -0.05) is 31.9 Å². The summed E-state index contributed by atoms with van der Waals surface area (Å²) in [5, 5.41) is 0. The van der Waals surface area contributed by atoms with Gasteiger partial charge in [0.25, 0.3) is 0 Å². The van der Waals surface area contributed by atoms with Crippen molar-refractivity contribution in [3.8, 4) is 0 Å². The quantitative estimate of drug-likeness (QED) is 0.505. The Morgan fingerprint density at radius 1 is 1.56 bits per heavy atom. The molecule has 0 heteroatoms. The van der Waals surface area contributed by atoms with Crippen molar-refractivity contribution in [2.75, 3.05) is 0 Å². The van der Waals surface area contributed by atoms with E-state index in [1.807, 2.05) is 0 Å². The van der Waals surface area contributed by atoms with Crippen molar-refractivity contribution in [1.29, 1.82) is 0 Å². The maximum Gasteiger partial charge on any atom is -0.0323 e. The summed E-state index contributed by atoms with van der Waals surface area (Å²) in [5.41, 5.74) is 1.49. The van der Waals surface area contributed by atoms with Gasteiger partial charge in [-0.2, -0.15) is 0 Å². The highest BCUT2D eigenvalue weighted by atomic mass is 13.9. The molecule has 53 valence electrons. The summed E-state index contributed by atoms with van der Waals surface area (Å²) in [7, 11) is 0. The van der Waals surface area contributed by atoms with Crippen molar-refractivity contribution in [2.45, 2.75) is 39.5 Å². The first kappa shape index (κ1) is 8.74. The summed E-state index contributed by atoms with van der Waals surface area (Å²) < 4.78 is 0. The fourth-order valence-electron chi connectivity index (χ4n) is 0.772. The molecule has 0 aromatic heterocycles. The molecule has 0 N–H and O–H groups in total. The molecule has 1 radical (unpaired) electrons. The van der Waals surface area contributed by atoms with Crippen LogP contribution in [0, 0.1) is 6.92 Å². The molecule has 0 spiro atoms. The second-order valence-corrected chi connectivity index (χ2v) is 2.44. The Labute approximate surface area is 59.0 Å². The molecule has 0 aliphatic heterocycles. The molecule has 0 heterocycles. The number of allylic oxidation sites excluding steroid dienone is 2. The topological polar surface area (TPSA) is 0 Å². The summed E-state index contributed by atoms with van der Waals surface area (Å²) in [6.45, 7) is 8.18. The first-order valence-electron chi connectivity index (χ1n) is 3.76. The molecule has 0 amide bonds. The van der Waals surface area contributed by atoms with Gasteiger partial charge < -0.3 is 0 Å². The predicted octanol–water partition coefficient (Wildman–Crippen LogP) is 3.35. The predicted molar refractivity (Wildman–Crippen MR) is 43.3 cm³/mol. The molecule has 0 aliphatic carbocycles. The zero-order chi connectivity index (χ0) is 7.11. The summed E-state index contributed by atoms with van der Waals surface area (Å²) in [6.07, 6.45) is 7.00. The van der Waals surface area contributed by atoms with Crippen LogP contribution in [0.5, 0.6) is 0 Å². The minimum Gasteiger partial charge on any atom is -0.0856 e. The van der Waals surface area contributed by atoms with Gasteiger partial charge in [0, 0.05) is 0 Å². The van der Waals surface area contributed by atoms with E-state index in [-0.39, 0.29) is 0 Å². The van der Waals surface area contributed by atoms with E-state index in [4.69, 9.17) is 0 Å². The van der Waals surface area contributed by atoms with Crippen molar-refractivity contribution < 1.29 is 0 Å².